The van der Waals surface area contributed by atoms with Crippen molar-refractivity contribution in [3.05, 3.63) is 66.6 Å². The Labute approximate surface area is 134 Å². The van der Waals surface area contributed by atoms with Crippen LogP contribution >= 0.6 is 0 Å². The summed E-state index contributed by atoms with van der Waals surface area (Å²) in [7, 11) is 0. The lowest BCUT2D eigenvalue weighted by atomic mass is 10.0. The van der Waals surface area contributed by atoms with E-state index in [1.54, 1.807) is 17.3 Å². The van der Waals surface area contributed by atoms with Gasteiger partial charge in [-0.05, 0) is 42.3 Å². The number of hydrazine groups is 1. The number of Topliss-reactive ketones (excluding diaryl/α,β-unsaturated/α-hetero) is 1. The number of allylic oxidation sites excluding steroid dienone is 1. The van der Waals surface area contributed by atoms with E-state index in [0.29, 0.717) is 11.3 Å². The van der Waals surface area contributed by atoms with E-state index in [-0.39, 0.29) is 5.78 Å². The molecule has 3 rings (SSSR count). The summed E-state index contributed by atoms with van der Waals surface area (Å²) in [5.41, 5.74) is 3.71. The molecule has 0 saturated carbocycles. The van der Waals surface area contributed by atoms with Gasteiger partial charge < -0.3 is 4.42 Å². The van der Waals surface area contributed by atoms with Crippen molar-refractivity contribution in [2.45, 2.75) is 13.8 Å². The fourth-order valence-electron chi connectivity index (χ4n) is 2.46. The van der Waals surface area contributed by atoms with E-state index in [1.165, 1.54) is 6.92 Å². The van der Waals surface area contributed by atoms with Gasteiger partial charge >= 0.3 is 0 Å². The Morgan fingerprint density at radius 3 is 2.43 bits per heavy atom. The van der Waals surface area contributed by atoms with E-state index in [9.17, 15) is 4.79 Å². The summed E-state index contributed by atoms with van der Waals surface area (Å²) >= 11 is 0. The number of nitrogens with zero attached hydrogens (tertiary/aromatic N) is 1. The van der Waals surface area contributed by atoms with Crippen molar-refractivity contribution >= 4 is 22.4 Å². The zero-order chi connectivity index (χ0) is 16.4. The Balaban J connectivity index is 1.94. The number of hydrogen-bond donors (Lipinski definition) is 1. The smallest absolute Gasteiger partial charge is 0.194 e. The maximum absolute atomic E-state index is 11.4. The first kappa shape index (κ1) is 15.1. The molecular formula is C19H18N2O2. The minimum atomic E-state index is -0.0703. The zero-order valence-corrected chi connectivity index (χ0v) is 13.1. The molecule has 0 aliphatic heterocycles. The predicted octanol–water partition coefficient (Wildman–Crippen LogP) is 4.52. The van der Waals surface area contributed by atoms with Gasteiger partial charge in [0.2, 0.25) is 0 Å². The molecule has 0 spiro atoms. The highest BCUT2D eigenvalue weighted by molar-refractivity contribution is 5.96. The van der Waals surface area contributed by atoms with Gasteiger partial charge in [-0.15, -0.1) is 0 Å². The summed E-state index contributed by atoms with van der Waals surface area (Å²) in [5, 5.41) is 2.50. The summed E-state index contributed by atoms with van der Waals surface area (Å²) in [6.07, 6.45) is 3.68. The molecule has 0 aliphatic carbocycles. The van der Waals surface area contributed by atoms with E-state index >= 15 is 0 Å². The Morgan fingerprint density at radius 2 is 1.78 bits per heavy atom. The van der Waals surface area contributed by atoms with Crippen molar-refractivity contribution in [1.82, 2.24) is 0 Å². The topological polar surface area (TPSA) is 59.5 Å². The maximum atomic E-state index is 11.4. The minimum absolute atomic E-state index is 0.0703. The standard InChI is InChI=1S/C19H18N2O2/c1-3-10-21(20)17-8-6-14(7-9-17)15-4-5-16-12-18(13(2)22)23-19(16)11-15/h3-12H,20H2,1-2H3/b10-3-. The third-order valence-corrected chi connectivity index (χ3v) is 3.68. The summed E-state index contributed by atoms with van der Waals surface area (Å²) in [6, 6.07) is 15.6. The van der Waals surface area contributed by atoms with Crippen LogP contribution in [0.3, 0.4) is 0 Å². The van der Waals surface area contributed by atoms with Crippen LogP contribution in [0.4, 0.5) is 5.69 Å². The Hall–Kier alpha value is -2.85. The summed E-state index contributed by atoms with van der Waals surface area (Å²) in [6.45, 7) is 3.42. The van der Waals surface area contributed by atoms with Gasteiger partial charge in [0.25, 0.3) is 0 Å². The van der Waals surface area contributed by atoms with E-state index < -0.39 is 0 Å². The van der Waals surface area contributed by atoms with Crippen molar-refractivity contribution in [3.8, 4) is 11.1 Å². The second kappa shape index (κ2) is 6.10. The van der Waals surface area contributed by atoms with Crippen LogP contribution in [0.5, 0.6) is 0 Å². The highest BCUT2D eigenvalue weighted by Crippen LogP contribution is 2.28. The molecule has 3 aromatic rings. The number of nitrogens with two attached hydrogens (primary N) is 1. The van der Waals surface area contributed by atoms with Crippen molar-refractivity contribution in [2.75, 3.05) is 5.01 Å². The first-order valence-electron chi connectivity index (χ1n) is 7.40. The molecule has 1 heterocycles. The molecule has 0 radical (unpaired) electrons. The van der Waals surface area contributed by atoms with E-state index in [4.69, 9.17) is 10.3 Å². The SMILES string of the molecule is C/C=C\N(N)c1ccc(-c2ccc3cc(C(C)=O)oc3c2)cc1. The Morgan fingerprint density at radius 1 is 1.09 bits per heavy atom. The van der Waals surface area contributed by atoms with Crippen molar-refractivity contribution in [2.24, 2.45) is 5.84 Å². The molecule has 0 bridgehead atoms. The first-order chi connectivity index (χ1) is 11.1. The highest BCUT2D eigenvalue weighted by atomic mass is 16.3. The van der Waals surface area contributed by atoms with Crippen molar-refractivity contribution in [3.63, 3.8) is 0 Å². The third kappa shape index (κ3) is 3.03. The lowest BCUT2D eigenvalue weighted by Crippen LogP contribution is -2.23. The minimum Gasteiger partial charge on any atom is -0.453 e. The highest BCUT2D eigenvalue weighted by Gasteiger charge is 2.09. The largest absolute Gasteiger partial charge is 0.453 e. The maximum Gasteiger partial charge on any atom is 0.194 e. The number of carbonyl (C=O) groups is 1. The molecule has 23 heavy (non-hydrogen) atoms. The Kier molecular flexibility index (Phi) is 4.00. The number of anilines is 1. The van der Waals surface area contributed by atoms with Gasteiger partial charge in [0.1, 0.15) is 5.58 Å². The molecule has 0 saturated heterocycles. The second-order valence-corrected chi connectivity index (χ2v) is 5.36. The second-order valence-electron chi connectivity index (χ2n) is 5.36. The van der Waals surface area contributed by atoms with Crippen LogP contribution in [0.1, 0.15) is 24.4 Å². The molecule has 4 nitrogen and oxygen atoms in total. The van der Waals surface area contributed by atoms with Crippen LogP contribution in [0.2, 0.25) is 0 Å². The molecule has 0 amide bonds. The van der Waals surface area contributed by atoms with Crippen molar-refractivity contribution in [1.29, 1.82) is 0 Å². The zero-order valence-electron chi connectivity index (χ0n) is 13.1. The lowest BCUT2D eigenvalue weighted by Gasteiger charge is -2.13. The molecular weight excluding hydrogens is 288 g/mol. The number of fused-ring (bicyclic) bond motifs is 1. The molecule has 116 valence electrons. The monoisotopic (exact) mass is 306 g/mol. The molecule has 4 heteroatoms. The molecule has 0 fully saturated rings. The molecule has 2 N–H and O–H groups in total. The van der Waals surface area contributed by atoms with Gasteiger partial charge in [0, 0.05) is 18.5 Å². The predicted molar refractivity (Wildman–Crippen MR) is 93.1 cm³/mol. The number of furan rings is 1. The molecule has 0 atom stereocenters. The number of benzene rings is 2. The van der Waals surface area contributed by atoms with E-state index in [1.807, 2.05) is 55.5 Å². The van der Waals surface area contributed by atoms with Gasteiger partial charge in [-0.25, -0.2) is 5.84 Å². The van der Waals surface area contributed by atoms with Crippen LogP contribution in [0, 0.1) is 0 Å². The molecule has 2 aromatic carbocycles. The normalized spacial score (nSPS) is 11.3. The summed E-state index contributed by atoms with van der Waals surface area (Å²) < 4.78 is 5.60. The third-order valence-electron chi connectivity index (χ3n) is 3.68. The molecule has 0 unspecified atom stereocenters. The van der Waals surface area contributed by atoms with E-state index in [2.05, 4.69) is 0 Å². The summed E-state index contributed by atoms with van der Waals surface area (Å²) in [5.74, 6) is 6.22. The summed E-state index contributed by atoms with van der Waals surface area (Å²) in [4.78, 5) is 11.4. The van der Waals surface area contributed by atoms with Crippen LogP contribution in [-0.2, 0) is 0 Å². The Bertz CT molecular complexity index is 876. The number of hydrogen-bond acceptors (Lipinski definition) is 4. The van der Waals surface area contributed by atoms with Crippen LogP contribution in [0.15, 0.2) is 65.2 Å². The van der Waals surface area contributed by atoms with Crippen LogP contribution < -0.4 is 10.9 Å². The number of ketones is 1. The quantitative estimate of drug-likeness (QED) is 0.437. The van der Waals surface area contributed by atoms with Gasteiger partial charge in [0.15, 0.2) is 11.5 Å². The average Bonchev–Trinajstić information content (AvgIpc) is 2.98. The molecule has 1 aromatic heterocycles. The fraction of sp³-hybridized carbons (Fsp3) is 0.105. The molecule has 0 aliphatic rings. The number of carbonyl (C=O) groups excluding carboxylic acids is 1. The van der Waals surface area contributed by atoms with E-state index in [0.717, 1.165) is 22.2 Å². The van der Waals surface area contributed by atoms with Gasteiger partial charge in [-0.2, -0.15) is 0 Å². The van der Waals surface area contributed by atoms with Crippen LogP contribution in [-0.4, -0.2) is 5.78 Å². The van der Waals surface area contributed by atoms with Crippen molar-refractivity contribution < 1.29 is 9.21 Å². The number of rotatable bonds is 4. The van der Waals surface area contributed by atoms with Crippen LogP contribution in [0.25, 0.3) is 22.1 Å². The van der Waals surface area contributed by atoms with Gasteiger partial charge in [-0.3, -0.25) is 9.80 Å². The fourth-order valence-corrected chi connectivity index (χ4v) is 2.46. The lowest BCUT2D eigenvalue weighted by molar-refractivity contribution is 0.0989. The van der Waals surface area contributed by atoms with Gasteiger partial charge in [0.05, 0.1) is 5.69 Å². The average molecular weight is 306 g/mol. The first-order valence-corrected chi connectivity index (χ1v) is 7.40. The van der Waals surface area contributed by atoms with Gasteiger partial charge in [-0.1, -0.05) is 30.3 Å².